The van der Waals surface area contributed by atoms with Crippen molar-refractivity contribution in [3.05, 3.63) is 59.2 Å². The van der Waals surface area contributed by atoms with Gasteiger partial charge in [-0.2, -0.15) is 0 Å². The SMILES string of the molecule is Cl.NC(Cc1cccc(C(=O)NCCc2ccc(O)c(O)c2)c1)C(=O)O. The van der Waals surface area contributed by atoms with Crippen LogP contribution in [0.5, 0.6) is 11.5 Å². The molecule has 0 heterocycles. The van der Waals surface area contributed by atoms with Crippen molar-refractivity contribution in [2.45, 2.75) is 18.9 Å². The van der Waals surface area contributed by atoms with Gasteiger partial charge in [-0.1, -0.05) is 18.2 Å². The minimum Gasteiger partial charge on any atom is -0.504 e. The predicted molar refractivity (Wildman–Crippen MR) is 98.8 cm³/mol. The van der Waals surface area contributed by atoms with E-state index in [4.69, 9.17) is 10.8 Å². The summed E-state index contributed by atoms with van der Waals surface area (Å²) in [6.45, 7) is 0.349. The number of carboxylic acid groups (broad SMARTS) is 1. The molecule has 2 aromatic carbocycles. The highest BCUT2D eigenvalue weighted by molar-refractivity contribution is 5.94. The van der Waals surface area contributed by atoms with Gasteiger partial charge in [-0.15, -0.1) is 12.4 Å². The largest absolute Gasteiger partial charge is 0.504 e. The summed E-state index contributed by atoms with van der Waals surface area (Å²) in [5.41, 5.74) is 7.37. The van der Waals surface area contributed by atoms with Crippen LogP contribution < -0.4 is 11.1 Å². The topological polar surface area (TPSA) is 133 Å². The molecule has 0 aliphatic heterocycles. The zero-order chi connectivity index (χ0) is 18.4. The highest BCUT2D eigenvalue weighted by atomic mass is 35.5. The van der Waals surface area contributed by atoms with Gasteiger partial charge in [0.2, 0.25) is 0 Å². The molecule has 0 aliphatic carbocycles. The Morgan fingerprint density at radius 3 is 2.42 bits per heavy atom. The number of phenols is 2. The predicted octanol–water partition coefficient (Wildman–Crippen LogP) is 1.45. The maximum absolute atomic E-state index is 12.2. The number of nitrogens with one attached hydrogen (secondary N) is 1. The first-order chi connectivity index (χ1) is 11.9. The molecular weight excluding hydrogens is 360 g/mol. The minimum atomic E-state index is -1.09. The van der Waals surface area contributed by atoms with Crippen LogP contribution in [0.25, 0.3) is 0 Å². The summed E-state index contributed by atoms with van der Waals surface area (Å²) in [5.74, 6) is -1.77. The highest BCUT2D eigenvalue weighted by Gasteiger charge is 2.13. The van der Waals surface area contributed by atoms with E-state index in [0.29, 0.717) is 24.1 Å². The Balaban J connectivity index is 0.00000338. The normalized spacial score (nSPS) is 11.3. The number of nitrogens with two attached hydrogens (primary N) is 1. The van der Waals surface area contributed by atoms with Crippen molar-refractivity contribution in [2.75, 3.05) is 6.54 Å². The number of halogens is 1. The lowest BCUT2D eigenvalue weighted by atomic mass is 10.0. The van der Waals surface area contributed by atoms with Gasteiger partial charge in [-0.25, -0.2) is 0 Å². The van der Waals surface area contributed by atoms with E-state index < -0.39 is 12.0 Å². The van der Waals surface area contributed by atoms with Gasteiger partial charge in [0.1, 0.15) is 6.04 Å². The molecule has 6 N–H and O–H groups in total. The van der Waals surface area contributed by atoms with Crippen LogP contribution in [0.2, 0.25) is 0 Å². The lowest BCUT2D eigenvalue weighted by molar-refractivity contribution is -0.138. The van der Waals surface area contributed by atoms with Crippen LogP contribution in [0.3, 0.4) is 0 Å². The first-order valence-electron chi connectivity index (χ1n) is 7.73. The maximum Gasteiger partial charge on any atom is 0.320 e. The van der Waals surface area contributed by atoms with Gasteiger partial charge >= 0.3 is 5.97 Å². The van der Waals surface area contributed by atoms with Crippen LogP contribution in [0.15, 0.2) is 42.5 Å². The summed E-state index contributed by atoms with van der Waals surface area (Å²) in [6, 6.07) is 10.1. The number of amides is 1. The second kappa shape index (κ2) is 9.65. The Labute approximate surface area is 156 Å². The summed E-state index contributed by atoms with van der Waals surface area (Å²) < 4.78 is 0. The lowest BCUT2D eigenvalue weighted by Crippen LogP contribution is -2.32. The average Bonchev–Trinajstić information content (AvgIpc) is 2.58. The zero-order valence-electron chi connectivity index (χ0n) is 13.9. The Morgan fingerprint density at radius 2 is 1.77 bits per heavy atom. The fraction of sp³-hybridized carbons (Fsp3) is 0.222. The van der Waals surface area contributed by atoms with E-state index in [-0.39, 0.29) is 36.2 Å². The molecule has 0 aliphatic rings. The fourth-order valence-corrected chi connectivity index (χ4v) is 2.33. The first kappa shape index (κ1) is 21.3. The number of rotatable bonds is 7. The number of carboxylic acids is 1. The number of benzene rings is 2. The van der Waals surface area contributed by atoms with Gasteiger partial charge < -0.3 is 26.4 Å². The summed E-state index contributed by atoms with van der Waals surface area (Å²) >= 11 is 0. The van der Waals surface area contributed by atoms with Gasteiger partial charge in [0.25, 0.3) is 5.91 Å². The number of phenolic OH excluding ortho intramolecular Hbond substituents is 2. The van der Waals surface area contributed by atoms with Crippen LogP contribution in [0.4, 0.5) is 0 Å². The number of carbonyl (C=O) groups excluding carboxylic acids is 1. The number of carbonyl (C=O) groups is 2. The fourth-order valence-electron chi connectivity index (χ4n) is 2.33. The van der Waals surface area contributed by atoms with E-state index in [1.54, 1.807) is 30.3 Å². The Kier molecular flexibility index (Phi) is 7.89. The molecule has 0 radical (unpaired) electrons. The van der Waals surface area contributed by atoms with Crippen molar-refractivity contribution < 1.29 is 24.9 Å². The van der Waals surface area contributed by atoms with Gasteiger partial charge in [0, 0.05) is 12.1 Å². The molecule has 0 spiro atoms. The number of aromatic hydroxyl groups is 2. The standard InChI is InChI=1S/C18H20N2O5.ClH/c19-14(18(24)25)9-12-2-1-3-13(8-12)17(23)20-7-6-11-4-5-15(21)16(22)10-11;/h1-5,8,10,14,21-22H,6-7,9,19H2,(H,20,23)(H,24,25);1H. The molecule has 1 unspecified atom stereocenters. The summed E-state index contributed by atoms with van der Waals surface area (Å²) in [5, 5.41) is 30.3. The van der Waals surface area contributed by atoms with Crippen molar-refractivity contribution in [1.82, 2.24) is 5.32 Å². The quantitative estimate of drug-likeness (QED) is 0.462. The third-order valence-corrected chi connectivity index (χ3v) is 3.70. The van der Waals surface area contributed by atoms with Crippen molar-refractivity contribution in [1.29, 1.82) is 0 Å². The molecule has 1 amide bonds. The van der Waals surface area contributed by atoms with Gasteiger partial charge in [0.15, 0.2) is 11.5 Å². The molecule has 0 saturated carbocycles. The van der Waals surface area contributed by atoms with Crippen LogP contribution in [-0.4, -0.2) is 39.8 Å². The van der Waals surface area contributed by atoms with E-state index in [1.807, 2.05) is 0 Å². The summed E-state index contributed by atoms with van der Waals surface area (Å²) in [6.07, 6.45) is 0.631. The van der Waals surface area contributed by atoms with Crippen LogP contribution in [0.1, 0.15) is 21.5 Å². The lowest BCUT2D eigenvalue weighted by Gasteiger charge is -2.09. The third-order valence-electron chi connectivity index (χ3n) is 3.70. The molecule has 7 nitrogen and oxygen atoms in total. The maximum atomic E-state index is 12.2. The smallest absolute Gasteiger partial charge is 0.320 e. The van der Waals surface area contributed by atoms with Crippen molar-refractivity contribution >= 4 is 24.3 Å². The molecule has 2 aromatic rings. The van der Waals surface area contributed by atoms with Crippen molar-refractivity contribution in [3.63, 3.8) is 0 Å². The molecule has 8 heteroatoms. The summed E-state index contributed by atoms with van der Waals surface area (Å²) in [7, 11) is 0. The molecule has 1 atom stereocenters. The Morgan fingerprint density at radius 1 is 1.04 bits per heavy atom. The number of aliphatic carboxylic acids is 1. The van der Waals surface area contributed by atoms with Crippen LogP contribution >= 0.6 is 12.4 Å². The average molecular weight is 381 g/mol. The van der Waals surface area contributed by atoms with E-state index in [0.717, 1.165) is 5.56 Å². The Hall–Kier alpha value is -2.77. The van der Waals surface area contributed by atoms with Crippen molar-refractivity contribution in [3.8, 4) is 11.5 Å². The van der Waals surface area contributed by atoms with Gasteiger partial charge in [0.05, 0.1) is 0 Å². The second-order valence-corrected chi connectivity index (χ2v) is 5.68. The minimum absolute atomic E-state index is 0. The first-order valence-corrected chi connectivity index (χ1v) is 7.73. The molecular formula is C18H21ClN2O5. The molecule has 140 valence electrons. The number of hydrogen-bond donors (Lipinski definition) is 5. The number of hydrogen-bond acceptors (Lipinski definition) is 5. The van der Waals surface area contributed by atoms with E-state index in [2.05, 4.69) is 5.32 Å². The van der Waals surface area contributed by atoms with E-state index in [1.165, 1.54) is 12.1 Å². The second-order valence-electron chi connectivity index (χ2n) is 5.68. The van der Waals surface area contributed by atoms with Gasteiger partial charge in [-0.05, 0) is 48.2 Å². The molecule has 0 aromatic heterocycles. The molecule has 0 saturated heterocycles. The van der Waals surface area contributed by atoms with Crippen molar-refractivity contribution in [2.24, 2.45) is 5.73 Å². The van der Waals surface area contributed by atoms with Crippen LogP contribution in [0, 0.1) is 0 Å². The summed E-state index contributed by atoms with van der Waals surface area (Å²) in [4.78, 5) is 23.0. The van der Waals surface area contributed by atoms with E-state index >= 15 is 0 Å². The molecule has 2 rings (SSSR count). The highest BCUT2D eigenvalue weighted by Crippen LogP contribution is 2.24. The Bertz CT molecular complexity index is 782. The van der Waals surface area contributed by atoms with Gasteiger partial charge in [-0.3, -0.25) is 9.59 Å². The third kappa shape index (κ3) is 5.94. The van der Waals surface area contributed by atoms with Crippen LogP contribution in [-0.2, 0) is 17.6 Å². The molecule has 0 bridgehead atoms. The molecule has 26 heavy (non-hydrogen) atoms. The monoisotopic (exact) mass is 380 g/mol. The van der Waals surface area contributed by atoms with E-state index in [9.17, 15) is 19.8 Å². The zero-order valence-corrected chi connectivity index (χ0v) is 14.7. The molecule has 0 fully saturated rings.